The lowest BCUT2D eigenvalue weighted by molar-refractivity contribution is -0.116. The fourth-order valence-corrected chi connectivity index (χ4v) is 2.23. The van der Waals surface area contributed by atoms with Gasteiger partial charge in [0.15, 0.2) is 23.1 Å². The summed E-state index contributed by atoms with van der Waals surface area (Å²) in [7, 11) is 0. The second-order valence-electron chi connectivity index (χ2n) is 5.57. The second-order valence-corrected chi connectivity index (χ2v) is 5.57. The zero-order chi connectivity index (χ0) is 21.2. The molecule has 2 aromatic carbocycles. The molecule has 156 valence electrons. The molecule has 0 atom stereocenters. The van der Waals surface area contributed by atoms with Gasteiger partial charge in [0.25, 0.3) is 0 Å². The van der Waals surface area contributed by atoms with Gasteiger partial charge < -0.3 is 19.5 Å². The van der Waals surface area contributed by atoms with E-state index in [-0.39, 0.29) is 37.0 Å². The Balaban J connectivity index is 1.84. The Morgan fingerprint density at radius 1 is 1.07 bits per heavy atom. The van der Waals surface area contributed by atoms with Crippen LogP contribution in [0.5, 0.6) is 17.2 Å². The number of benzene rings is 2. The molecule has 0 aliphatic heterocycles. The first-order chi connectivity index (χ1) is 13.9. The molecule has 0 bridgehead atoms. The molecule has 5 nitrogen and oxygen atoms in total. The van der Waals surface area contributed by atoms with Crippen molar-refractivity contribution in [3.63, 3.8) is 0 Å². The number of carbonyl (C=O) groups is 1. The molecule has 0 spiro atoms. The van der Waals surface area contributed by atoms with E-state index in [1.807, 2.05) is 0 Å². The van der Waals surface area contributed by atoms with Crippen LogP contribution in [0, 0.1) is 11.6 Å². The molecular weight excluding hydrogens is 394 g/mol. The summed E-state index contributed by atoms with van der Waals surface area (Å²) in [6.07, 6.45) is 2.72. The van der Waals surface area contributed by atoms with Crippen LogP contribution in [0.4, 0.5) is 17.6 Å². The van der Waals surface area contributed by atoms with Gasteiger partial charge in [-0.15, -0.1) is 0 Å². The Morgan fingerprint density at radius 2 is 1.86 bits per heavy atom. The summed E-state index contributed by atoms with van der Waals surface area (Å²) < 4.78 is 65.5. The lowest BCUT2D eigenvalue weighted by Gasteiger charge is -2.11. The molecule has 0 radical (unpaired) electrons. The van der Waals surface area contributed by atoms with Crippen molar-refractivity contribution in [2.24, 2.45) is 0 Å². The van der Waals surface area contributed by atoms with Gasteiger partial charge in [0.1, 0.15) is 12.4 Å². The lowest BCUT2D eigenvalue weighted by Crippen LogP contribution is -2.26. The molecule has 0 saturated heterocycles. The third-order valence-electron chi connectivity index (χ3n) is 3.47. The first-order valence-corrected chi connectivity index (χ1v) is 8.64. The van der Waals surface area contributed by atoms with Crippen molar-refractivity contribution in [3.8, 4) is 17.2 Å². The van der Waals surface area contributed by atoms with Crippen molar-refractivity contribution >= 4 is 12.0 Å². The molecule has 0 aliphatic rings. The lowest BCUT2D eigenvalue weighted by atomic mass is 10.2. The van der Waals surface area contributed by atoms with Gasteiger partial charge in [-0.3, -0.25) is 4.79 Å². The van der Waals surface area contributed by atoms with Crippen LogP contribution in [0.2, 0.25) is 0 Å². The average molecular weight is 413 g/mol. The van der Waals surface area contributed by atoms with Crippen LogP contribution in [0.25, 0.3) is 6.08 Å². The maximum Gasteiger partial charge on any atom is 0.387 e. The van der Waals surface area contributed by atoms with E-state index in [4.69, 9.17) is 9.47 Å². The second kappa shape index (κ2) is 10.9. The highest BCUT2D eigenvalue weighted by molar-refractivity contribution is 5.91. The van der Waals surface area contributed by atoms with Crippen molar-refractivity contribution in [2.45, 2.75) is 13.5 Å². The average Bonchev–Trinajstić information content (AvgIpc) is 2.68. The van der Waals surface area contributed by atoms with E-state index in [1.165, 1.54) is 36.4 Å². The fourth-order valence-electron chi connectivity index (χ4n) is 2.23. The van der Waals surface area contributed by atoms with Crippen molar-refractivity contribution in [1.82, 2.24) is 5.32 Å². The Bertz CT molecular complexity index is 858. The molecule has 0 aliphatic carbocycles. The van der Waals surface area contributed by atoms with Gasteiger partial charge in [-0.1, -0.05) is 6.07 Å². The van der Waals surface area contributed by atoms with Crippen LogP contribution >= 0.6 is 0 Å². The van der Waals surface area contributed by atoms with Crippen molar-refractivity contribution in [2.75, 3.05) is 19.8 Å². The Kier molecular flexibility index (Phi) is 8.32. The number of carbonyl (C=O) groups excluding carboxylic acids is 1. The number of amides is 1. The highest BCUT2D eigenvalue weighted by atomic mass is 19.3. The zero-order valence-corrected chi connectivity index (χ0v) is 15.5. The van der Waals surface area contributed by atoms with E-state index < -0.39 is 24.2 Å². The summed E-state index contributed by atoms with van der Waals surface area (Å²) in [5.41, 5.74) is 0.545. The van der Waals surface area contributed by atoms with E-state index in [0.29, 0.717) is 5.56 Å². The Hall–Kier alpha value is -3.23. The Morgan fingerprint density at radius 3 is 2.55 bits per heavy atom. The van der Waals surface area contributed by atoms with E-state index in [1.54, 1.807) is 6.92 Å². The molecule has 0 unspecified atom stereocenters. The first kappa shape index (κ1) is 22.1. The summed E-state index contributed by atoms with van der Waals surface area (Å²) in [4.78, 5) is 11.8. The zero-order valence-electron chi connectivity index (χ0n) is 15.5. The van der Waals surface area contributed by atoms with Gasteiger partial charge in [0.05, 0.1) is 13.2 Å². The topological polar surface area (TPSA) is 56.8 Å². The number of hydrogen-bond donors (Lipinski definition) is 1. The summed E-state index contributed by atoms with van der Waals surface area (Å²) >= 11 is 0. The normalized spacial score (nSPS) is 11.0. The maximum absolute atomic E-state index is 13.1. The molecule has 29 heavy (non-hydrogen) atoms. The monoisotopic (exact) mass is 413 g/mol. The molecule has 2 aromatic rings. The Labute approximate surface area is 164 Å². The minimum Gasteiger partial charge on any atom is -0.492 e. The number of halogens is 4. The molecule has 9 heteroatoms. The van der Waals surface area contributed by atoms with Gasteiger partial charge in [-0.05, 0) is 42.8 Å². The van der Waals surface area contributed by atoms with Crippen LogP contribution in [0.3, 0.4) is 0 Å². The van der Waals surface area contributed by atoms with Crippen LogP contribution < -0.4 is 19.5 Å². The van der Waals surface area contributed by atoms with Crippen molar-refractivity contribution < 1.29 is 36.6 Å². The number of ether oxygens (including phenoxy) is 3. The molecule has 1 N–H and O–H groups in total. The van der Waals surface area contributed by atoms with Gasteiger partial charge in [-0.2, -0.15) is 8.78 Å². The highest BCUT2D eigenvalue weighted by Gasteiger charge is 2.11. The summed E-state index contributed by atoms with van der Waals surface area (Å²) in [5, 5.41) is 2.55. The molecule has 0 aromatic heterocycles. The predicted molar refractivity (Wildman–Crippen MR) is 98.1 cm³/mol. The van der Waals surface area contributed by atoms with Crippen LogP contribution in [-0.4, -0.2) is 32.3 Å². The molecule has 0 saturated carbocycles. The van der Waals surface area contributed by atoms with Gasteiger partial charge in [0, 0.05) is 12.1 Å². The van der Waals surface area contributed by atoms with Crippen molar-refractivity contribution in [3.05, 3.63) is 59.7 Å². The van der Waals surface area contributed by atoms with E-state index in [0.717, 1.165) is 12.1 Å². The summed E-state index contributed by atoms with van der Waals surface area (Å²) in [6, 6.07) is 7.42. The van der Waals surface area contributed by atoms with Crippen LogP contribution in [-0.2, 0) is 4.79 Å². The van der Waals surface area contributed by atoms with Crippen LogP contribution in [0.15, 0.2) is 42.5 Å². The summed E-state index contributed by atoms with van der Waals surface area (Å²) in [5.74, 6) is -2.25. The quantitative estimate of drug-likeness (QED) is 0.361. The molecular formula is C20H19F4NO4. The largest absolute Gasteiger partial charge is 0.492 e. The minimum atomic E-state index is -2.98. The molecule has 0 fully saturated rings. The fraction of sp³-hybridized carbons (Fsp3) is 0.250. The summed E-state index contributed by atoms with van der Waals surface area (Å²) in [6.45, 7) is -0.836. The molecule has 2 rings (SSSR count). The minimum absolute atomic E-state index is 0.0544. The third kappa shape index (κ3) is 7.36. The van der Waals surface area contributed by atoms with Gasteiger partial charge in [0.2, 0.25) is 5.91 Å². The van der Waals surface area contributed by atoms with Crippen LogP contribution in [0.1, 0.15) is 12.5 Å². The maximum atomic E-state index is 13.1. The number of alkyl halides is 2. The van der Waals surface area contributed by atoms with E-state index in [2.05, 4.69) is 10.1 Å². The SMILES string of the molecule is CCOc1cc(/C=C/C(=O)NCCOc2ccc(F)c(F)c2)ccc1OC(F)F. The number of hydrogen-bond acceptors (Lipinski definition) is 4. The highest BCUT2D eigenvalue weighted by Crippen LogP contribution is 2.30. The van der Waals surface area contributed by atoms with Crippen molar-refractivity contribution in [1.29, 1.82) is 0 Å². The standard InChI is InChI=1S/C20H19F4NO4/c1-2-27-18-11-13(3-7-17(18)29-20(23)24)4-8-19(26)25-9-10-28-14-5-6-15(21)16(22)12-14/h3-8,11-12,20H,2,9-10H2,1H3,(H,25,26)/b8-4+. The molecule has 1 amide bonds. The van der Waals surface area contributed by atoms with Gasteiger partial charge in [-0.25, -0.2) is 8.78 Å². The van der Waals surface area contributed by atoms with E-state index >= 15 is 0 Å². The number of nitrogens with one attached hydrogen (secondary N) is 1. The first-order valence-electron chi connectivity index (χ1n) is 8.64. The molecule has 0 heterocycles. The predicted octanol–water partition coefficient (Wildman–Crippen LogP) is 4.17. The smallest absolute Gasteiger partial charge is 0.387 e. The number of rotatable bonds is 10. The van der Waals surface area contributed by atoms with E-state index in [9.17, 15) is 22.4 Å². The van der Waals surface area contributed by atoms with Gasteiger partial charge >= 0.3 is 6.61 Å². The third-order valence-corrected chi connectivity index (χ3v) is 3.47.